The van der Waals surface area contributed by atoms with Crippen LogP contribution in [0.25, 0.3) is 0 Å². The third-order valence-corrected chi connectivity index (χ3v) is 4.12. The molecule has 1 aliphatic heterocycles. The standard InChI is InChI=1S/C16H13BrFN5O2/c17-11-6-15(10(8-24)5-12(11)18)21-16(25)14-2-1-13(22-23-14)9-3-4-19-20-7-9/h1-7,14,23-24H,8H2,(H,21,25). The first-order valence-corrected chi connectivity index (χ1v) is 8.06. The fraction of sp³-hybridized carbons (Fsp3) is 0.125. The second-order valence-corrected chi connectivity index (χ2v) is 6.02. The van der Waals surface area contributed by atoms with Gasteiger partial charge in [0.1, 0.15) is 11.9 Å². The first kappa shape index (κ1) is 17.2. The Bertz CT molecular complexity index is 857. The van der Waals surface area contributed by atoms with Gasteiger partial charge in [-0.2, -0.15) is 15.3 Å². The largest absolute Gasteiger partial charge is 0.392 e. The summed E-state index contributed by atoms with van der Waals surface area (Å²) >= 11 is 3.06. The van der Waals surface area contributed by atoms with Gasteiger partial charge in [0.2, 0.25) is 0 Å². The maximum Gasteiger partial charge on any atom is 0.252 e. The summed E-state index contributed by atoms with van der Waals surface area (Å²) in [6, 6.07) is 3.62. The summed E-state index contributed by atoms with van der Waals surface area (Å²) in [7, 11) is 0. The van der Waals surface area contributed by atoms with Gasteiger partial charge in [-0.25, -0.2) is 4.39 Å². The van der Waals surface area contributed by atoms with Crippen molar-refractivity contribution in [2.45, 2.75) is 12.6 Å². The molecule has 1 unspecified atom stereocenters. The number of aliphatic hydroxyl groups excluding tert-OH is 1. The van der Waals surface area contributed by atoms with Crippen LogP contribution in [0.5, 0.6) is 0 Å². The van der Waals surface area contributed by atoms with Crippen molar-refractivity contribution in [3.05, 3.63) is 64.2 Å². The number of aliphatic hydroxyl groups is 1. The van der Waals surface area contributed by atoms with E-state index in [9.17, 15) is 14.3 Å². The lowest BCUT2D eigenvalue weighted by Crippen LogP contribution is -2.39. The lowest BCUT2D eigenvalue weighted by molar-refractivity contribution is -0.117. The average Bonchev–Trinajstić information content (AvgIpc) is 2.65. The Morgan fingerprint density at radius 2 is 2.24 bits per heavy atom. The van der Waals surface area contributed by atoms with Crippen molar-refractivity contribution in [1.29, 1.82) is 0 Å². The normalized spacial score (nSPS) is 16.1. The van der Waals surface area contributed by atoms with Crippen molar-refractivity contribution in [1.82, 2.24) is 15.6 Å². The van der Waals surface area contributed by atoms with Crippen molar-refractivity contribution in [3.8, 4) is 0 Å². The van der Waals surface area contributed by atoms with Crippen LogP contribution in [-0.4, -0.2) is 33.0 Å². The van der Waals surface area contributed by atoms with Crippen LogP contribution in [0.15, 0.2) is 52.3 Å². The first-order chi connectivity index (χ1) is 12.1. The fourth-order valence-electron chi connectivity index (χ4n) is 2.20. The van der Waals surface area contributed by atoms with E-state index in [2.05, 4.69) is 42.0 Å². The van der Waals surface area contributed by atoms with Crippen LogP contribution in [0.2, 0.25) is 0 Å². The molecule has 0 spiro atoms. The number of nitrogens with zero attached hydrogens (tertiary/aromatic N) is 3. The number of hydrazone groups is 1. The topological polar surface area (TPSA) is 99.5 Å². The van der Waals surface area contributed by atoms with Gasteiger partial charge in [0, 0.05) is 16.8 Å². The van der Waals surface area contributed by atoms with Crippen molar-refractivity contribution >= 4 is 33.2 Å². The number of allylic oxidation sites excluding steroid dienone is 1. The quantitative estimate of drug-likeness (QED) is 0.719. The molecule has 0 bridgehead atoms. The van der Waals surface area contributed by atoms with Crippen molar-refractivity contribution in [2.24, 2.45) is 5.10 Å². The minimum Gasteiger partial charge on any atom is -0.392 e. The van der Waals surface area contributed by atoms with Gasteiger partial charge in [-0.1, -0.05) is 0 Å². The number of anilines is 1. The summed E-state index contributed by atoms with van der Waals surface area (Å²) in [5.41, 5.74) is 4.74. The van der Waals surface area contributed by atoms with E-state index in [1.165, 1.54) is 6.07 Å². The zero-order valence-corrected chi connectivity index (χ0v) is 14.4. The summed E-state index contributed by atoms with van der Waals surface area (Å²) in [6.45, 7) is -0.398. The lowest BCUT2D eigenvalue weighted by Gasteiger charge is -2.18. The minimum absolute atomic E-state index is 0.192. The summed E-state index contributed by atoms with van der Waals surface area (Å²) in [6.07, 6.45) is 6.46. The molecule has 1 aliphatic rings. The molecule has 128 valence electrons. The molecule has 0 fully saturated rings. The zero-order valence-electron chi connectivity index (χ0n) is 12.8. The molecule has 0 aliphatic carbocycles. The van der Waals surface area contributed by atoms with Gasteiger partial charge in [0.05, 0.1) is 29.2 Å². The molecule has 0 saturated carbocycles. The smallest absolute Gasteiger partial charge is 0.252 e. The minimum atomic E-state index is -0.700. The van der Waals surface area contributed by atoms with Gasteiger partial charge in [0.15, 0.2) is 0 Å². The zero-order chi connectivity index (χ0) is 17.8. The van der Waals surface area contributed by atoms with Gasteiger partial charge < -0.3 is 10.4 Å². The number of hydrogen-bond acceptors (Lipinski definition) is 6. The highest BCUT2D eigenvalue weighted by atomic mass is 79.9. The summed E-state index contributed by atoms with van der Waals surface area (Å²) in [4.78, 5) is 12.4. The SMILES string of the molecule is O=C(Nc1cc(Br)c(F)cc1CO)C1C=CC(c2ccnnc2)=NN1. The first-order valence-electron chi connectivity index (χ1n) is 7.26. The van der Waals surface area contributed by atoms with Crippen LogP contribution in [0.4, 0.5) is 10.1 Å². The van der Waals surface area contributed by atoms with Crippen LogP contribution in [0.1, 0.15) is 11.1 Å². The van der Waals surface area contributed by atoms with Gasteiger partial charge in [0.25, 0.3) is 5.91 Å². The third-order valence-electron chi connectivity index (χ3n) is 3.51. The highest BCUT2D eigenvalue weighted by molar-refractivity contribution is 9.10. The number of rotatable bonds is 4. The highest BCUT2D eigenvalue weighted by Crippen LogP contribution is 2.25. The Kier molecular flexibility index (Phi) is 5.15. The van der Waals surface area contributed by atoms with E-state index in [-0.39, 0.29) is 15.9 Å². The average molecular weight is 406 g/mol. The fourth-order valence-corrected chi connectivity index (χ4v) is 2.54. The Labute approximate surface area is 150 Å². The lowest BCUT2D eigenvalue weighted by atomic mass is 10.1. The Balaban J connectivity index is 1.71. The molecule has 25 heavy (non-hydrogen) atoms. The third kappa shape index (κ3) is 3.89. The van der Waals surface area contributed by atoms with E-state index in [0.717, 1.165) is 11.6 Å². The molecule has 1 aromatic carbocycles. The molecule has 2 heterocycles. The second kappa shape index (κ2) is 7.49. The van der Waals surface area contributed by atoms with Gasteiger partial charge >= 0.3 is 0 Å². The molecule has 1 amide bonds. The number of benzene rings is 1. The van der Waals surface area contributed by atoms with E-state index in [1.54, 1.807) is 30.6 Å². The molecule has 0 saturated heterocycles. The highest BCUT2D eigenvalue weighted by Gasteiger charge is 2.20. The van der Waals surface area contributed by atoms with Crippen LogP contribution >= 0.6 is 15.9 Å². The Hall–Kier alpha value is -2.65. The van der Waals surface area contributed by atoms with Gasteiger partial charge in [-0.05, 0) is 46.3 Å². The van der Waals surface area contributed by atoms with E-state index < -0.39 is 18.5 Å². The number of halogens is 2. The molecule has 9 heteroatoms. The van der Waals surface area contributed by atoms with Crippen LogP contribution in [0.3, 0.4) is 0 Å². The Morgan fingerprint density at radius 3 is 2.88 bits per heavy atom. The molecule has 7 nitrogen and oxygen atoms in total. The van der Waals surface area contributed by atoms with E-state index in [1.807, 2.05) is 0 Å². The molecule has 3 rings (SSSR count). The molecular formula is C16H13BrFN5O2. The van der Waals surface area contributed by atoms with E-state index >= 15 is 0 Å². The Morgan fingerprint density at radius 1 is 1.40 bits per heavy atom. The monoisotopic (exact) mass is 405 g/mol. The summed E-state index contributed by atoms with van der Waals surface area (Å²) < 4.78 is 13.7. The number of hydrogen-bond donors (Lipinski definition) is 3. The number of amides is 1. The van der Waals surface area contributed by atoms with Gasteiger partial charge in [-0.3, -0.25) is 10.2 Å². The predicted molar refractivity (Wildman–Crippen MR) is 93.3 cm³/mol. The van der Waals surface area contributed by atoms with Crippen LogP contribution in [0, 0.1) is 5.82 Å². The number of carbonyl (C=O) groups is 1. The maximum atomic E-state index is 13.5. The van der Waals surface area contributed by atoms with Crippen LogP contribution < -0.4 is 10.7 Å². The van der Waals surface area contributed by atoms with Crippen LogP contribution in [-0.2, 0) is 11.4 Å². The van der Waals surface area contributed by atoms with Crippen molar-refractivity contribution in [2.75, 3.05) is 5.32 Å². The van der Waals surface area contributed by atoms with Crippen molar-refractivity contribution < 1.29 is 14.3 Å². The van der Waals surface area contributed by atoms with Crippen molar-refractivity contribution in [3.63, 3.8) is 0 Å². The van der Waals surface area contributed by atoms with E-state index in [4.69, 9.17) is 0 Å². The summed E-state index contributed by atoms with van der Waals surface area (Å²) in [5, 5.41) is 23.6. The molecule has 1 aromatic heterocycles. The van der Waals surface area contributed by atoms with E-state index in [0.29, 0.717) is 11.4 Å². The molecule has 0 radical (unpaired) electrons. The maximum absolute atomic E-state index is 13.5. The molecule has 1 atom stereocenters. The predicted octanol–water partition coefficient (Wildman–Crippen LogP) is 1.74. The molecule has 2 aromatic rings. The number of nitrogens with one attached hydrogen (secondary N) is 2. The molecule has 3 N–H and O–H groups in total. The van der Waals surface area contributed by atoms with Gasteiger partial charge in [-0.15, -0.1) is 0 Å². The molecular weight excluding hydrogens is 393 g/mol. The number of aromatic nitrogens is 2. The number of carbonyl (C=O) groups excluding carboxylic acids is 1. The summed E-state index contributed by atoms with van der Waals surface area (Å²) in [5.74, 6) is -0.905. The second-order valence-electron chi connectivity index (χ2n) is 5.16.